The molecule has 0 radical (unpaired) electrons. The van der Waals surface area contributed by atoms with Crippen LogP contribution in [0, 0.1) is 6.92 Å². The Balaban J connectivity index is 1.68. The molecule has 0 atom stereocenters. The number of aryl methyl sites for hydroxylation is 1. The average molecular weight is 413 g/mol. The van der Waals surface area contributed by atoms with E-state index in [0.717, 1.165) is 5.75 Å². The lowest BCUT2D eigenvalue weighted by Gasteiger charge is -2.01. The Hall–Kier alpha value is -1.66. The minimum atomic E-state index is 0.701. The first-order valence-corrected chi connectivity index (χ1v) is 11.8. The van der Waals surface area contributed by atoms with Crippen LogP contribution < -0.4 is 4.74 Å². The van der Waals surface area contributed by atoms with E-state index in [1.807, 2.05) is 40.9 Å². The summed E-state index contributed by atoms with van der Waals surface area (Å²) in [5.74, 6) is 1.00. The van der Waals surface area contributed by atoms with Crippen molar-refractivity contribution in [1.29, 1.82) is 0 Å². The van der Waals surface area contributed by atoms with Crippen LogP contribution in [0.4, 0.5) is 0 Å². The maximum absolute atomic E-state index is 5.80. The van der Waals surface area contributed by atoms with E-state index in [2.05, 4.69) is 54.1 Å². The Morgan fingerprint density at radius 1 is 0.885 bits per heavy atom. The highest BCUT2D eigenvalue weighted by Crippen LogP contribution is 2.46. The molecule has 0 aliphatic heterocycles. The zero-order valence-electron chi connectivity index (χ0n) is 14.4. The van der Waals surface area contributed by atoms with Gasteiger partial charge in [-0.2, -0.15) is 0 Å². The van der Waals surface area contributed by atoms with Crippen LogP contribution in [0.25, 0.3) is 39.7 Å². The van der Waals surface area contributed by atoms with Gasteiger partial charge in [-0.1, -0.05) is 6.07 Å². The Bertz CT molecular complexity index is 1220. The molecule has 0 saturated heterocycles. The molecule has 1 aromatic carbocycles. The van der Waals surface area contributed by atoms with Crippen LogP contribution in [0.5, 0.6) is 5.75 Å². The molecule has 0 fully saturated rings. The first-order valence-electron chi connectivity index (χ1n) is 8.46. The summed E-state index contributed by atoms with van der Waals surface area (Å²) >= 11 is 7.37. The van der Waals surface area contributed by atoms with E-state index in [9.17, 15) is 0 Å². The van der Waals surface area contributed by atoms with E-state index in [1.165, 1.54) is 45.2 Å². The molecule has 0 spiro atoms. The number of hydrogen-bond acceptors (Lipinski definition) is 5. The Morgan fingerprint density at radius 2 is 1.69 bits per heavy atom. The molecule has 5 aromatic rings. The molecule has 4 heterocycles. The molecular formula is C21H16OS4. The van der Waals surface area contributed by atoms with Gasteiger partial charge in [0.05, 0.1) is 11.5 Å². The molecule has 4 aromatic heterocycles. The standard InChI is InChI=1S/C21H16OS4/c1-3-22-15-7-9-24-21(15)17-10-13-4-5-16-14(20(13)26-17)11-18(25-16)19-12(2)6-8-23-19/h4-11H,3H2,1-2H3. The van der Waals surface area contributed by atoms with E-state index in [-0.39, 0.29) is 0 Å². The summed E-state index contributed by atoms with van der Waals surface area (Å²) in [6.07, 6.45) is 0. The van der Waals surface area contributed by atoms with Crippen molar-refractivity contribution in [3.8, 4) is 25.3 Å². The summed E-state index contributed by atoms with van der Waals surface area (Å²) in [5, 5.41) is 6.99. The molecule has 0 saturated carbocycles. The SMILES string of the molecule is CCOc1ccsc1-c1cc2ccc3sc(-c4sccc4C)cc3c2s1. The maximum atomic E-state index is 5.80. The summed E-state index contributed by atoms with van der Waals surface area (Å²) in [5.41, 5.74) is 1.37. The van der Waals surface area contributed by atoms with Gasteiger partial charge in [-0.3, -0.25) is 0 Å². The maximum Gasteiger partial charge on any atom is 0.138 e. The van der Waals surface area contributed by atoms with Gasteiger partial charge < -0.3 is 4.74 Å². The van der Waals surface area contributed by atoms with Gasteiger partial charge in [0.15, 0.2) is 0 Å². The highest BCUT2D eigenvalue weighted by molar-refractivity contribution is 7.28. The molecule has 130 valence electrons. The topological polar surface area (TPSA) is 9.23 Å². The van der Waals surface area contributed by atoms with E-state index < -0.39 is 0 Å². The first-order chi connectivity index (χ1) is 12.7. The number of hydrogen-bond donors (Lipinski definition) is 0. The molecule has 26 heavy (non-hydrogen) atoms. The van der Waals surface area contributed by atoms with Gasteiger partial charge in [-0.25, -0.2) is 0 Å². The fraction of sp³-hybridized carbons (Fsp3) is 0.143. The van der Waals surface area contributed by atoms with Gasteiger partial charge in [0.25, 0.3) is 0 Å². The van der Waals surface area contributed by atoms with Crippen molar-refractivity contribution in [2.45, 2.75) is 13.8 Å². The second-order valence-electron chi connectivity index (χ2n) is 6.10. The van der Waals surface area contributed by atoms with Crippen molar-refractivity contribution in [1.82, 2.24) is 0 Å². The molecule has 0 N–H and O–H groups in total. The van der Waals surface area contributed by atoms with Gasteiger partial charge >= 0.3 is 0 Å². The number of fused-ring (bicyclic) bond motifs is 3. The molecule has 5 heteroatoms. The third kappa shape index (κ3) is 2.62. The quantitative estimate of drug-likeness (QED) is 0.288. The number of rotatable bonds is 4. The molecule has 0 unspecified atom stereocenters. The Kier molecular flexibility index (Phi) is 4.13. The fourth-order valence-corrected chi connectivity index (χ4v) is 7.59. The van der Waals surface area contributed by atoms with Crippen molar-refractivity contribution in [2.24, 2.45) is 0 Å². The summed E-state index contributed by atoms with van der Waals surface area (Å²) in [6, 6.07) is 13.5. The van der Waals surface area contributed by atoms with Crippen molar-refractivity contribution in [2.75, 3.05) is 6.61 Å². The molecule has 0 bridgehead atoms. The van der Waals surface area contributed by atoms with Crippen LogP contribution in [-0.2, 0) is 0 Å². The number of benzene rings is 1. The van der Waals surface area contributed by atoms with Gasteiger partial charge in [-0.15, -0.1) is 45.3 Å². The Labute approximate surface area is 168 Å². The lowest BCUT2D eigenvalue weighted by atomic mass is 10.2. The average Bonchev–Trinajstić information content (AvgIpc) is 3.38. The second-order valence-corrected chi connectivity index (χ2v) is 10.1. The number of thiophene rings is 4. The third-order valence-corrected chi connectivity index (χ3v) is 8.98. The van der Waals surface area contributed by atoms with E-state index in [1.54, 1.807) is 11.3 Å². The smallest absolute Gasteiger partial charge is 0.138 e. The molecule has 5 rings (SSSR count). The largest absolute Gasteiger partial charge is 0.492 e. The minimum Gasteiger partial charge on any atom is -0.492 e. The third-order valence-electron chi connectivity index (χ3n) is 4.42. The van der Waals surface area contributed by atoms with E-state index in [0.29, 0.717) is 6.61 Å². The molecule has 0 aliphatic carbocycles. The predicted molar refractivity (Wildman–Crippen MR) is 120 cm³/mol. The van der Waals surface area contributed by atoms with Gasteiger partial charge in [-0.05, 0) is 65.9 Å². The predicted octanol–water partition coefficient (Wildman–Crippen LogP) is 8.28. The normalized spacial score (nSPS) is 11.6. The van der Waals surface area contributed by atoms with Crippen molar-refractivity contribution < 1.29 is 4.74 Å². The molecule has 0 aliphatic rings. The van der Waals surface area contributed by atoms with Crippen LogP contribution >= 0.6 is 45.3 Å². The summed E-state index contributed by atoms with van der Waals surface area (Å²) in [4.78, 5) is 5.31. The van der Waals surface area contributed by atoms with Gasteiger partial charge in [0.1, 0.15) is 5.75 Å². The lowest BCUT2D eigenvalue weighted by molar-refractivity contribution is 0.343. The van der Waals surface area contributed by atoms with Crippen molar-refractivity contribution in [3.05, 3.63) is 52.7 Å². The summed E-state index contributed by atoms with van der Waals surface area (Å²) in [7, 11) is 0. The van der Waals surface area contributed by atoms with Gasteiger partial charge in [0.2, 0.25) is 0 Å². The monoisotopic (exact) mass is 412 g/mol. The van der Waals surface area contributed by atoms with E-state index in [4.69, 9.17) is 4.74 Å². The molecular weight excluding hydrogens is 396 g/mol. The van der Waals surface area contributed by atoms with Crippen LogP contribution in [-0.4, -0.2) is 6.61 Å². The lowest BCUT2D eigenvalue weighted by Crippen LogP contribution is -1.89. The summed E-state index contributed by atoms with van der Waals surface area (Å²) < 4.78 is 8.55. The Morgan fingerprint density at radius 3 is 2.50 bits per heavy atom. The summed E-state index contributed by atoms with van der Waals surface area (Å²) in [6.45, 7) is 4.93. The first kappa shape index (κ1) is 16.5. The van der Waals surface area contributed by atoms with Crippen LogP contribution in [0.3, 0.4) is 0 Å². The molecule has 0 amide bonds. The van der Waals surface area contributed by atoms with Crippen molar-refractivity contribution in [3.63, 3.8) is 0 Å². The highest BCUT2D eigenvalue weighted by Gasteiger charge is 2.15. The van der Waals surface area contributed by atoms with Crippen LogP contribution in [0.1, 0.15) is 12.5 Å². The fourth-order valence-electron chi connectivity index (χ4n) is 3.21. The van der Waals surface area contributed by atoms with Crippen LogP contribution in [0.15, 0.2) is 47.2 Å². The molecule has 1 nitrogen and oxygen atoms in total. The number of ether oxygens (including phenoxy) is 1. The second kappa shape index (κ2) is 6.50. The zero-order chi connectivity index (χ0) is 17.7. The zero-order valence-corrected chi connectivity index (χ0v) is 17.6. The highest BCUT2D eigenvalue weighted by atomic mass is 32.1. The minimum absolute atomic E-state index is 0.701. The van der Waals surface area contributed by atoms with Crippen molar-refractivity contribution >= 4 is 65.5 Å². The van der Waals surface area contributed by atoms with Gasteiger partial charge in [0, 0.05) is 29.4 Å². The van der Waals surface area contributed by atoms with Crippen LogP contribution in [0.2, 0.25) is 0 Å². The van der Waals surface area contributed by atoms with E-state index >= 15 is 0 Å².